The van der Waals surface area contributed by atoms with E-state index < -0.39 is 20.0 Å². The summed E-state index contributed by atoms with van der Waals surface area (Å²) in [4.78, 5) is 23.1. The number of quaternary nitrogens is 1. The van der Waals surface area contributed by atoms with Crippen molar-refractivity contribution < 1.29 is 32.9 Å². The van der Waals surface area contributed by atoms with Crippen molar-refractivity contribution in [2.75, 3.05) is 40.9 Å². The summed E-state index contributed by atoms with van der Waals surface area (Å²) < 4.78 is 23.5. The molecule has 0 saturated heterocycles. The van der Waals surface area contributed by atoms with Gasteiger partial charge in [-0.2, -0.15) is 0 Å². The minimum Gasteiger partial charge on any atom is -0.387 e. The van der Waals surface area contributed by atoms with Crippen LogP contribution in [0.1, 0.15) is 219 Å². The third-order valence-electron chi connectivity index (χ3n) is 10.5. The van der Waals surface area contributed by atoms with Crippen LogP contribution in [0.3, 0.4) is 0 Å². The number of carbonyl (C=O) groups is 1. The number of aliphatic hydroxyl groups excluding tert-OH is 1. The molecule has 0 aliphatic carbocycles. The minimum atomic E-state index is -4.33. The molecule has 0 bridgehead atoms. The molecule has 0 radical (unpaired) electrons. The van der Waals surface area contributed by atoms with Crippen molar-refractivity contribution in [3.05, 3.63) is 12.2 Å². The fourth-order valence-electron chi connectivity index (χ4n) is 6.81. The molecular formula is C45H92N2O6P+. The van der Waals surface area contributed by atoms with Gasteiger partial charge in [-0.25, -0.2) is 4.57 Å². The third kappa shape index (κ3) is 39.5. The maximum absolute atomic E-state index is 12.8. The van der Waals surface area contributed by atoms with E-state index in [-0.39, 0.29) is 19.1 Å². The molecule has 0 aromatic rings. The van der Waals surface area contributed by atoms with Gasteiger partial charge in [-0.3, -0.25) is 13.8 Å². The number of carbonyl (C=O) groups excluding carboxylic acids is 1. The summed E-state index contributed by atoms with van der Waals surface area (Å²) >= 11 is 0. The first-order valence-corrected chi connectivity index (χ1v) is 24.6. The summed E-state index contributed by atoms with van der Waals surface area (Å²) in [5, 5.41) is 13.8. The van der Waals surface area contributed by atoms with E-state index >= 15 is 0 Å². The number of aliphatic hydroxyl groups is 1. The van der Waals surface area contributed by atoms with Crippen LogP contribution < -0.4 is 5.32 Å². The first kappa shape index (κ1) is 53.2. The van der Waals surface area contributed by atoms with E-state index in [4.69, 9.17) is 9.05 Å². The van der Waals surface area contributed by atoms with Gasteiger partial charge < -0.3 is 19.8 Å². The van der Waals surface area contributed by atoms with Crippen LogP contribution >= 0.6 is 7.82 Å². The fourth-order valence-corrected chi connectivity index (χ4v) is 7.54. The smallest absolute Gasteiger partial charge is 0.387 e. The van der Waals surface area contributed by atoms with Gasteiger partial charge >= 0.3 is 7.82 Å². The second-order valence-electron chi connectivity index (χ2n) is 17.1. The second-order valence-corrected chi connectivity index (χ2v) is 18.6. The van der Waals surface area contributed by atoms with Gasteiger partial charge in [-0.1, -0.05) is 206 Å². The zero-order valence-electron chi connectivity index (χ0n) is 36.5. The predicted molar refractivity (Wildman–Crippen MR) is 231 cm³/mol. The first-order valence-electron chi connectivity index (χ1n) is 23.1. The van der Waals surface area contributed by atoms with Crippen LogP contribution in [0.5, 0.6) is 0 Å². The third-order valence-corrected chi connectivity index (χ3v) is 11.5. The number of hydrogen-bond donors (Lipinski definition) is 3. The molecule has 1 amide bonds. The number of unbranched alkanes of at least 4 members (excludes halogenated alkanes) is 29. The normalized spacial score (nSPS) is 14.4. The molecule has 322 valence electrons. The lowest BCUT2D eigenvalue weighted by Gasteiger charge is -2.25. The highest BCUT2D eigenvalue weighted by Gasteiger charge is 2.27. The Labute approximate surface area is 335 Å². The average Bonchev–Trinajstić information content (AvgIpc) is 3.12. The van der Waals surface area contributed by atoms with Gasteiger partial charge in [0.1, 0.15) is 13.2 Å². The Morgan fingerprint density at radius 1 is 0.611 bits per heavy atom. The molecule has 0 rings (SSSR count). The average molecular weight is 788 g/mol. The monoisotopic (exact) mass is 788 g/mol. The maximum atomic E-state index is 12.8. The lowest BCUT2D eigenvalue weighted by atomic mass is 10.0. The highest BCUT2D eigenvalue weighted by Crippen LogP contribution is 2.43. The number of phosphoric acid groups is 1. The molecule has 0 aliphatic rings. The van der Waals surface area contributed by atoms with E-state index in [0.717, 1.165) is 38.5 Å². The summed E-state index contributed by atoms with van der Waals surface area (Å²) in [6.45, 7) is 4.81. The number of nitrogens with one attached hydrogen (secondary N) is 1. The van der Waals surface area contributed by atoms with E-state index in [2.05, 4.69) is 19.2 Å². The van der Waals surface area contributed by atoms with E-state index in [9.17, 15) is 19.4 Å². The van der Waals surface area contributed by atoms with Crippen LogP contribution in [0, 0.1) is 0 Å². The Bertz CT molecular complexity index is 896. The summed E-state index contributed by atoms with van der Waals surface area (Å²) in [5.41, 5.74) is 0. The van der Waals surface area contributed by atoms with E-state index in [1.54, 1.807) is 6.08 Å². The van der Waals surface area contributed by atoms with Crippen molar-refractivity contribution in [2.24, 2.45) is 0 Å². The van der Waals surface area contributed by atoms with Crippen LogP contribution in [0.25, 0.3) is 0 Å². The largest absolute Gasteiger partial charge is 0.472 e. The molecule has 0 aliphatic heterocycles. The lowest BCUT2D eigenvalue weighted by molar-refractivity contribution is -0.870. The Hall–Kier alpha value is -0.760. The van der Waals surface area contributed by atoms with Crippen LogP contribution in [-0.2, 0) is 18.4 Å². The molecule has 1 unspecified atom stereocenters. The standard InChI is InChI=1S/C45H91N2O6P/c1-6-8-10-12-14-16-18-19-20-21-22-23-24-25-26-27-28-29-31-33-35-37-39-45(49)46-43(42-53-54(50,51)52-41-40-47(3,4)5)44(48)38-36-34-32-30-17-15-13-11-9-7-2/h36,38,43-44,48H,6-35,37,39-42H2,1-5H3,(H-,46,49,50,51)/p+1/b38-36+/t43-,44+/m0/s1. The highest BCUT2D eigenvalue weighted by atomic mass is 31.2. The van der Waals surface area contributed by atoms with Crippen molar-refractivity contribution in [3.8, 4) is 0 Å². The van der Waals surface area contributed by atoms with Crippen LogP contribution in [0.2, 0.25) is 0 Å². The number of nitrogens with zero attached hydrogens (tertiary/aromatic N) is 1. The Morgan fingerprint density at radius 2 is 0.981 bits per heavy atom. The molecular weight excluding hydrogens is 695 g/mol. The molecule has 0 aromatic carbocycles. The molecule has 0 aromatic heterocycles. The van der Waals surface area contributed by atoms with Gasteiger partial charge in [0.2, 0.25) is 5.91 Å². The van der Waals surface area contributed by atoms with Crippen LogP contribution in [0.15, 0.2) is 12.2 Å². The summed E-state index contributed by atoms with van der Waals surface area (Å²) in [6, 6.07) is -0.838. The molecule has 9 heteroatoms. The van der Waals surface area contributed by atoms with E-state index in [0.29, 0.717) is 17.4 Å². The highest BCUT2D eigenvalue weighted by molar-refractivity contribution is 7.47. The van der Waals surface area contributed by atoms with Crippen molar-refractivity contribution in [1.29, 1.82) is 0 Å². The van der Waals surface area contributed by atoms with Gasteiger partial charge in [0.05, 0.1) is 39.9 Å². The number of phosphoric ester groups is 1. The molecule has 0 saturated carbocycles. The quantitative estimate of drug-likeness (QED) is 0.0246. The van der Waals surface area contributed by atoms with E-state index in [1.807, 2.05) is 27.2 Å². The Kier molecular flexibility index (Phi) is 37.3. The van der Waals surface area contributed by atoms with Gasteiger partial charge in [-0.15, -0.1) is 0 Å². The maximum Gasteiger partial charge on any atom is 0.472 e. The predicted octanol–water partition coefficient (Wildman–Crippen LogP) is 12.8. The number of likely N-dealkylation sites (N-methyl/N-ethyl adjacent to an activating group) is 1. The van der Waals surface area contributed by atoms with Crippen LogP contribution in [0.4, 0.5) is 0 Å². The summed E-state index contributed by atoms with van der Waals surface area (Å²) in [7, 11) is 1.58. The number of amides is 1. The Morgan fingerprint density at radius 3 is 1.37 bits per heavy atom. The molecule has 0 fully saturated rings. The topological polar surface area (TPSA) is 105 Å². The molecule has 8 nitrogen and oxygen atoms in total. The number of rotatable bonds is 42. The SMILES string of the molecule is CCCCCCCCCC/C=C/[C@@H](O)[C@H](COP(=O)(O)OCC[N+](C)(C)C)NC(=O)CCCCCCCCCCCCCCCCCCCCCCCC. The zero-order valence-corrected chi connectivity index (χ0v) is 37.4. The van der Waals surface area contributed by atoms with Crippen molar-refractivity contribution in [2.45, 2.75) is 231 Å². The van der Waals surface area contributed by atoms with E-state index in [1.165, 1.54) is 161 Å². The molecule has 0 spiro atoms. The summed E-state index contributed by atoms with van der Waals surface area (Å²) in [6.07, 6.45) is 42.9. The fraction of sp³-hybridized carbons (Fsp3) is 0.933. The van der Waals surface area contributed by atoms with Gasteiger partial charge in [-0.05, 0) is 19.3 Å². The number of hydrogen-bond acceptors (Lipinski definition) is 5. The Balaban J connectivity index is 4.20. The van der Waals surface area contributed by atoms with Crippen LogP contribution in [-0.4, -0.2) is 73.4 Å². The molecule has 0 heterocycles. The molecule has 3 N–H and O–H groups in total. The van der Waals surface area contributed by atoms with Gasteiger partial charge in [0.15, 0.2) is 0 Å². The van der Waals surface area contributed by atoms with Crippen molar-refractivity contribution >= 4 is 13.7 Å². The second kappa shape index (κ2) is 37.8. The number of allylic oxidation sites excluding steroid dienone is 1. The van der Waals surface area contributed by atoms with Crippen molar-refractivity contribution in [3.63, 3.8) is 0 Å². The van der Waals surface area contributed by atoms with Gasteiger partial charge in [0, 0.05) is 6.42 Å². The van der Waals surface area contributed by atoms with Gasteiger partial charge in [0.25, 0.3) is 0 Å². The summed E-state index contributed by atoms with van der Waals surface area (Å²) in [5.74, 6) is -0.175. The molecule has 54 heavy (non-hydrogen) atoms. The first-order chi connectivity index (χ1) is 26.0. The molecule has 3 atom stereocenters. The minimum absolute atomic E-state index is 0.0644. The van der Waals surface area contributed by atoms with Crippen molar-refractivity contribution in [1.82, 2.24) is 5.32 Å². The zero-order chi connectivity index (χ0) is 40.0. The lowest BCUT2D eigenvalue weighted by Crippen LogP contribution is -2.45.